The molecule has 0 aliphatic carbocycles. The van der Waals surface area contributed by atoms with Gasteiger partial charge in [-0.1, -0.05) is 76.8 Å². The van der Waals surface area contributed by atoms with E-state index in [1.807, 2.05) is 12.1 Å². The highest BCUT2D eigenvalue weighted by atomic mass is 15.2. The Kier molecular flexibility index (Phi) is 10.6. The Morgan fingerprint density at radius 3 is 1.87 bits per heavy atom. The second-order valence-corrected chi connectivity index (χ2v) is 7.03. The third-order valence-corrected chi connectivity index (χ3v) is 4.62. The van der Waals surface area contributed by atoms with E-state index in [0.717, 1.165) is 12.2 Å². The number of hydrogen-bond acceptors (Lipinski definition) is 2. The van der Waals surface area contributed by atoms with Crippen LogP contribution in [0.2, 0.25) is 0 Å². The number of para-hydroxylation sites is 2. The molecule has 0 saturated carbocycles. The van der Waals surface area contributed by atoms with E-state index in [4.69, 9.17) is 5.73 Å². The fourth-order valence-electron chi connectivity index (χ4n) is 3.18. The summed E-state index contributed by atoms with van der Waals surface area (Å²) in [6, 6.07) is 8.74. The standard InChI is InChI=1S/C21H38N2/c1-4-5-6-7-8-9-10-11-12-15-18-23(19(2)3)21-17-14-13-16-20(21)22/h13-14,16-17,19H,4-12,15,18,22H2,1-3H3. The van der Waals surface area contributed by atoms with E-state index in [2.05, 4.69) is 37.8 Å². The van der Waals surface area contributed by atoms with Crippen LogP contribution in [-0.4, -0.2) is 12.6 Å². The van der Waals surface area contributed by atoms with E-state index >= 15 is 0 Å². The lowest BCUT2D eigenvalue weighted by Gasteiger charge is -2.30. The summed E-state index contributed by atoms with van der Waals surface area (Å²) in [6.07, 6.45) is 13.9. The first kappa shape index (κ1) is 19.9. The van der Waals surface area contributed by atoms with Gasteiger partial charge in [-0.15, -0.1) is 0 Å². The van der Waals surface area contributed by atoms with Crippen molar-refractivity contribution in [2.45, 2.75) is 91.0 Å². The summed E-state index contributed by atoms with van der Waals surface area (Å²) in [6.45, 7) is 7.90. The molecule has 2 nitrogen and oxygen atoms in total. The molecule has 0 saturated heterocycles. The fourth-order valence-corrected chi connectivity index (χ4v) is 3.18. The molecule has 0 aliphatic rings. The van der Waals surface area contributed by atoms with Gasteiger partial charge >= 0.3 is 0 Å². The first-order valence-corrected chi connectivity index (χ1v) is 9.78. The number of nitrogens with zero attached hydrogens (tertiary/aromatic N) is 1. The van der Waals surface area contributed by atoms with Crippen LogP contribution in [-0.2, 0) is 0 Å². The van der Waals surface area contributed by atoms with Crippen molar-refractivity contribution in [3.63, 3.8) is 0 Å². The summed E-state index contributed by atoms with van der Waals surface area (Å²) in [7, 11) is 0. The summed E-state index contributed by atoms with van der Waals surface area (Å²) >= 11 is 0. The maximum atomic E-state index is 6.14. The SMILES string of the molecule is CCCCCCCCCCCCN(c1ccccc1N)C(C)C. The summed E-state index contributed by atoms with van der Waals surface area (Å²) in [5, 5.41) is 0. The normalized spacial score (nSPS) is 11.1. The first-order chi connectivity index (χ1) is 11.2. The van der Waals surface area contributed by atoms with Crippen LogP contribution >= 0.6 is 0 Å². The van der Waals surface area contributed by atoms with Gasteiger partial charge in [0.15, 0.2) is 0 Å². The van der Waals surface area contributed by atoms with Crippen molar-refractivity contribution >= 4 is 11.4 Å². The lowest BCUT2D eigenvalue weighted by Crippen LogP contribution is -2.32. The van der Waals surface area contributed by atoms with Crippen LogP contribution in [0.1, 0.15) is 85.0 Å². The number of rotatable bonds is 13. The molecule has 0 aliphatic heterocycles. The summed E-state index contributed by atoms with van der Waals surface area (Å²) in [4.78, 5) is 2.44. The van der Waals surface area contributed by atoms with Crippen LogP contribution in [0, 0.1) is 0 Å². The molecule has 0 unspecified atom stereocenters. The third kappa shape index (κ3) is 8.29. The van der Waals surface area contributed by atoms with Gasteiger partial charge in [-0.25, -0.2) is 0 Å². The van der Waals surface area contributed by atoms with Crippen molar-refractivity contribution in [2.24, 2.45) is 0 Å². The highest BCUT2D eigenvalue weighted by molar-refractivity contribution is 5.67. The van der Waals surface area contributed by atoms with E-state index in [-0.39, 0.29) is 0 Å². The Morgan fingerprint density at radius 1 is 0.826 bits per heavy atom. The van der Waals surface area contributed by atoms with Gasteiger partial charge in [-0.05, 0) is 32.4 Å². The second-order valence-electron chi connectivity index (χ2n) is 7.03. The molecule has 1 rings (SSSR count). The van der Waals surface area contributed by atoms with Gasteiger partial charge in [0.25, 0.3) is 0 Å². The molecule has 0 aromatic heterocycles. The van der Waals surface area contributed by atoms with Crippen molar-refractivity contribution < 1.29 is 0 Å². The molecule has 23 heavy (non-hydrogen) atoms. The predicted octanol–water partition coefficient (Wildman–Crippen LogP) is 6.40. The van der Waals surface area contributed by atoms with Crippen LogP contribution < -0.4 is 10.6 Å². The van der Waals surface area contributed by atoms with Gasteiger partial charge in [0.2, 0.25) is 0 Å². The first-order valence-electron chi connectivity index (χ1n) is 9.78. The van der Waals surface area contributed by atoms with Gasteiger partial charge in [0.05, 0.1) is 11.4 Å². The molecular formula is C21H38N2. The van der Waals surface area contributed by atoms with Crippen LogP contribution in [0.25, 0.3) is 0 Å². The van der Waals surface area contributed by atoms with E-state index < -0.39 is 0 Å². The summed E-state index contributed by atoms with van der Waals surface area (Å²) < 4.78 is 0. The van der Waals surface area contributed by atoms with E-state index in [9.17, 15) is 0 Å². The number of nitrogens with two attached hydrogens (primary N) is 1. The average Bonchev–Trinajstić information content (AvgIpc) is 2.53. The highest BCUT2D eigenvalue weighted by Gasteiger charge is 2.12. The van der Waals surface area contributed by atoms with Gasteiger partial charge in [-0.3, -0.25) is 0 Å². The molecule has 2 N–H and O–H groups in total. The molecule has 0 radical (unpaired) electrons. The number of anilines is 2. The summed E-state index contributed by atoms with van der Waals surface area (Å²) in [5.74, 6) is 0. The fraction of sp³-hybridized carbons (Fsp3) is 0.714. The maximum Gasteiger partial charge on any atom is 0.0602 e. The topological polar surface area (TPSA) is 29.3 Å². The van der Waals surface area contributed by atoms with Crippen molar-refractivity contribution in [2.75, 3.05) is 17.2 Å². The zero-order valence-corrected chi connectivity index (χ0v) is 15.7. The number of hydrogen-bond donors (Lipinski definition) is 1. The summed E-state index contributed by atoms with van der Waals surface area (Å²) in [5.41, 5.74) is 8.23. The van der Waals surface area contributed by atoms with Crippen LogP contribution in [0.5, 0.6) is 0 Å². The Hall–Kier alpha value is -1.18. The largest absolute Gasteiger partial charge is 0.397 e. The predicted molar refractivity (Wildman–Crippen MR) is 105 cm³/mol. The highest BCUT2D eigenvalue weighted by Crippen LogP contribution is 2.25. The van der Waals surface area contributed by atoms with Gasteiger partial charge in [0.1, 0.15) is 0 Å². The van der Waals surface area contributed by atoms with Crippen LogP contribution in [0.4, 0.5) is 11.4 Å². The minimum Gasteiger partial charge on any atom is -0.397 e. The van der Waals surface area contributed by atoms with Crippen molar-refractivity contribution in [1.82, 2.24) is 0 Å². The van der Waals surface area contributed by atoms with Crippen LogP contribution in [0.15, 0.2) is 24.3 Å². The molecule has 0 atom stereocenters. The van der Waals surface area contributed by atoms with Gasteiger partial charge in [0, 0.05) is 12.6 Å². The molecule has 0 fully saturated rings. The van der Waals surface area contributed by atoms with Crippen molar-refractivity contribution in [3.05, 3.63) is 24.3 Å². The average molecular weight is 319 g/mol. The Bertz CT molecular complexity index is 401. The smallest absolute Gasteiger partial charge is 0.0602 e. The van der Waals surface area contributed by atoms with E-state index in [0.29, 0.717) is 6.04 Å². The molecule has 0 bridgehead atoms. The Balaban J connectivity index is 2.16. The Labute approximate surface area is 144 Å². The minimum absolute atomic E-state index is 0.498. The quantitative estimate of drug-likeness (QED) is 0.336. The molecule has 132 valence electrons. The van der Waals surface area contributed by atoms with Crippen molar-refractivity contribution in [1.29, 1.82) is 0 Å². The van der Waals surface area contributed by atoms with Crippen LogP contribution in [0.3, 0.4) is 0 Å². The zero-order chi connectivity index (χ0) is 16.9. The molecule has 0 spiro atoms. The van der Waals surface area contributed by atoms with Crippen molar-refractivity contribution in [3.8, 4) is 0 Å². The molecule has 0 heterocycles. The lowest BCUT2D eigenvalue weighted by atomic mass is 10.1. The van der Waals surface area contributed by atoms with E-state index in [1.165, 1.54) is 69.9 Å². The van der Waals surface area contributed by atoms with E-state index in [1.54, 1.807) is 0 Å². The van der Waals surface area contributed by atoms with Gasteiger partial charge in [-0.2, -0.15) is 0 Å². The maximum absolute atomic E-state index is 6.14. The number of nitrogen functional groups attached to an aromatic ring is 1. The molecule has 1 aromatic rings. The molecule has 0 amide bonds. The molecular weight excluding hydrogens is 280 g/mol. The number of benzene rings is 1. The monoisotopic (exact) mass is 318 g/mol. The van der Waals surface area contributed by atoms with Gasteiger partial charge < -0.3 is 10.6 Å². The lowest BCUT2D eigenvalue weighted by molar-refractivity contribution is 0.548. The molecule has 2 heteroatoms. The molecule has 1 aromatic carbocycles. The number of unbranched alkanes of at least 4 members (excludes halogenated alkanes) is 9. The second kappa shape index (κ2) is 12.3. The Morgan fingerprint density at radius 2 is 1.35 bits per heavy atom. The third-order valence-electron chi connectivity index (χ3n) is 4.62. The zero-order valence-electron chi connectivity index (χ0n) is 15.7. The minimum atomic E-state index is 0.498.